The van der Waals surface area contributed by atoms with Crippen LogP contribution in [0.3, 0.4) is 0 Å². The largest absolute Gasteiger partial charge is 0.385 e. The smallest absolute Gasteiger partial charge is 0.225 e. The van der Waals surface area contributed by atoms with Gasteiger partial charge in [-0.2, -0.15) is 0 Å². The summed E-state index contributed by atoms with van der Waals surface area (Å²) >= 11 is 0. The fourth-order valence-corrected chi connectivity index (χ4v) is 2.88. The molecule has 1 aliphatic rings. The minimum absolute atomic E-state index is 0. The number of guanidine groups is 1. The number of piperazine rings is 1. The van der Waals surface area contributed by atoms with Crippen LogP contribution in [-0.2, 0) is 4.74 Å². The zero-order chi connectivity index (χ0) is 18.5. The minimum atomic E-state index is 0. The number of ether oxygens (including phenoxy) is 1. The third-order valence-electron chi connectivity index (χ3n) is 4.27. The Hall–Kier alpha value is -1.20. The third kappa shape index (κ3) is 9.52. The molecule has 0 spiro atoms. The SMILES string of the molecule is CCNC(=NCCCOC)NCCCN1CCN(c2ncccn2)CC1.I. The first-order valence-corrected chi connectivity index (χ1v) is 9.59. The molecule has 1 fully saturated rings. The average molecular weight is 491 g/mol. The van der Waals surface area contributed by atoms with Gasteiger partial charge in [0.25, 0.3) is 0 Å². The van der Waals surface area contributed by atoms with Crippen molar-refractivity contribution in [3.63, 3.8) is 0 Å². The number of nitrogens with one attached hydrogen (secondary N) is 2. The van der Waals surface area contributed by atoms with Crippen molar-refractivity contribution >= 4 is 35.9 Å². The van der Waals surface area contributed by atoms with Crippen LogP contribution in [0.5, 0.6) is 0 Å². The Morgan fingerprint density at radius 3 is 2.56 bits per heavy atom. The lowest BCUT2D eigenvalue weighted by molar-refractivity contribution is 0.197. The quantitative estimate of drug-likeness (QED) is 0.221. The van der Waals surface area contributed by atoms with E-state index >= 15 is 0 Å². The number of rotatable bonds is 10. The van der Waals surface area contributed by atoms with Gasteiger partial charge < -0.3 is 20.3 Å². The number of hydrogen-bond donors (Lipinski definition) is 2. The summed E-state index contributed by atoms with van der Waals surface area (Å²) in [5.41, 5.74) is 0. The fourth-order valence-electron chi connectivity index (χ4n) is 2.88. The van der Waals surface area contributed by atoms with E-state index in [4.69, 9.17) is 4.74 Å². The second-order valence-electron chi connectivity index (χ2n) is 6.26. The van der Waals surface area contributed by atoms with Crippen molar-refractivity contribution in [3.8, 4) is 0 Å². The van der Waals surface area contributed by atoms with Crippen molar-refractivity contribution in [2.45, 2.75) is 19.8 Å². The van der Waals surface area contributed by atoms with Gasteiger partial charge in [-0.25, -0.2) is 9.97 Å². The number of methoxy groups -OCH3 is 1. The zero-order valence-electron chi connectivity index (χ0n) is 16.6. The molecule has 1 saturated heterocycles. The molecule has 1 aromatic heterocycles. The van der Waals surface area contributed by atoms with Gasteiger partial charge >= 0.3 is 0 Å². The van der Waals surface area contributed by atoms with E-state index in [0.29, 0.717) is 0 Å². The maximum atomic E-state index is 5.06. The molecule has 0 amide bonds. The lowest BCUT2D eigenvalue weighted by Gasteiger charge is -2.34. The predicted molar refractivity (Wildman–Crippen MR) is 121 cm³/mol. The number of anilines is 1. The molecule has 154 valence electrons. The van der Waals surface area contributed by atoms with Crippen LogP contribution in [0.15, 0.2) is 23.5 Å². The summed E-state index contributed by atoms with van der Waals surface area (Å²) in [7, 11) is 1.72. The molecule has 0 unspecified atom stereocenters. The summed E-state index contributed by atoms with van der Waals surface area (Å²) in [5.74, 6) is 1.74. The number of aromatic nitrogens is 2. The minimum Gasteiger partial charge on any atom is -0.385 e. The van der Waals surface area contributed by atoms with Gasteiger partial charge in [0.15, 0.2) is 5.96 Å². The maximum Gasteiger partial charge on any atom is 0.225 e. The van der Waals surface area contributed by atoms with Gasteiger partial charge in [-0.3, -0.25) is 9.89 Å². The number of nitrogens with zero attached hydrogens (tertiary/aromatic N) is 5. The molecular formula is C18H34IN7O. The van der Waals surface area contributed by atoms with Crippen LogP contribution in [0.1, 0.15) is 19.8 Å². The molecule has 0 aromatic carbocycles. The van der Waals surface area contributed by atoms with Crippen LogP contribution < -0.4 is 15.5 Å². The molecule has 0 bridgehead atoms. The van der Waals surface area contributed by atoms with E-state index in [1.54, 1.807) is 19.5 Å². The van der Waals surface area contributed by atoms with Crippen LogP contribution in [0.2, 0.25) is 0 Å². The van der Waals surface area contributed by atoms with Gasteiger partial charge in [-0.05, 0) is 32.4 Å². The Balaban J connectivity index is 0.00000364. The summed E-state index contributed by atoms with van der Waals surface area (Å²) in [4.78, 5) is 18.0. The Labute approximate surface area is 180 Å². The monoisotopic (exact) mass is 491 g/mol. The zero-order valence-corrected chi connectivity index (χ0v) is 18.9. The Bertz CT molecular complexity index is 510. The standard InChI is InChI=1S/C18H33N7O.HI/c1-3-19-17(21-10-6-16-26-2)20-9-5-11-24-12-14-25(15-13-24)18-22-7-4-8-23-18;/h4,7-8H,3,5-6,9-16H2,1-2H3,(H2,19,20,21);1H. The molecule has 0 saturated carbocycles. The molecule has 0 aliphatic carbocycles. The van der Waals surface area contributed by atoms with Crippen molar-refractivity contribution in [3.05, 3.63) is 18.5 Å². The molecule has 0 radical (unpaired) electrons. The highest BCUT2D eigenvalue weighted by molar-refractivity contribution is 14.0. The summed E-state index contributed by atoms with van der Waals surface area (Å²) in [6, 6.07) is 1.86. The van der Waals surface area contributed by atoms with E-state index in [0.717, 1.165) is 83.7 Å². The van der Waals surface area contributed by atoms with Gasteiger partial charge in [-0.15, -0.1) is 24.0 Å². The van der Waals surface area contributed by atoms with Gasteiger partial charge in [0.1, 0.15) is 0 Å². The van der Waals surface area contributed by atoms with Gasteiger partial charge in [0, 0.05) is 71.9 Å². The second kappa shape index (κ2) is 14.8. The Kier molecular flexibility index (Phi) is 13.1. The lowest BCUT2D eigenvalue weighted by atomic mass is 10.3. The molecule has 1 aliphatic heterocycles. The highest BCUT2D eigenvalue weighted by atomic mass is 127. The molecule has 2 rings (SSSR count). The van der Waals surface area contributed by atoms with E-state index in [2.05, 4.69) is 42.3 Å². The molecule has 0 atom stereocenters. The first-order valence-electron chi connectivity index (χ1n) is 9.59. The maximum absolute atomic E-state index is 5.06. The topological polar surface area (TPSA) is 77.9 Å². The average Bonchev–Trinajstić information content (AvgIpc) is 2.69. The van der Waals surface area contributed by atoms with E-state index in [1.807, 2.05) is 6.07 Å². The molecular weight excluding hydrogens is 457 g/mol. The van der Waals surface area contributed by atoms with Crippen molar-refractivity contribution in [1.29, 1.82) is 0 Å². The van der Waals surface area contributed by atoms with Gasteiger partial charge in [-0.1, -0.05) is 0 Å². The number of hydrogen-bond acceptors (Lipinski definition) is 6. The molecule has 27 heavy (non-hydrogen) atoms. The normalized spacial score (nSPS) is 15.3. The van der Waals surface area contributed by atoms with Crippen molar-refractivity contribution in [2.24, 2.45) is 4.99 Å². The Morgan fingerprint density at radius 1 is 1.15 bits per heavy atom. The second-order valence-corrected chi connectivity index (χ2v) is 6.26. The van der Waals surface area contributed by atoms with Crippen LogP contribution in [0, 0.1) is 0 Å². The number of halogens is 1. The first-order chi connectivity index (χ1) is 12.8. The van der Waals surface area contributed by atoms with E-state index in [-0.39, 0.29) is 24.0 Å². The summed E-state index contributed by atoms with van der Waals surface area (Å²) in [6.07, 6.45) is 5.66. The summed E-state index contributed by atoms with van der Waals surface area (Å²) in [5, 5.41) is 6.70. The van der Waals surface area contributed by atoms with Crippen molar-refractivity contribution < 1.29 is 4.74 Å². The molecule has 8 nitrogen and oxygen atoms in total. The molecule has 2 heterocycles. The van der Waals surface area contributed by atoms with Gasteiger partial charge in [0.2, 0.25) is 5.95 Å². The van der Waals surface area contributed by atoms with E-state index < -0.39 is 0 Å². The fraction of sp³-hybridized carbons (Fsp3) is 0.722. The molecule has 1 aromatic rings. The van der Waals surface area contributed by atoms with E-state index in [9.17, 15) is 0 Å². The summed E-state index contributed by atoms with van der Waals surface area (Å²) in [6.45, 7) is 10.6. The number of aliphatic imine (C=N–C) groups is 1. The third-order valence-corrected chi connectivity index (χ3v) is 4.27. The van der Waals surface area contributed by atoms with Crippen LogP contribution in [0.4, 0.5) is 5.95 Å². The van der Waals surface area contributed by atoms with E-state index in [1.165, 1.54) is 0 Å². The van der Waals surface area contributed by atoms with Crippen LogP contribution in [0.25, 0.3) is 0 Å². The molecule has 2 N–H and O–H groups in total. The molecule has 9 heteroatoms. The van der Waals surface area contributed by atoms with Crippen LogP contribution in [-0.4, -0.2) is 86.9 Å². The van der Waals surface area contributed by atoms with Crippen LogP contribution >= 0.6 is 24.0 Å². The van der Waals surface area contributed by atoms with Gasteiger partial charge in [0.05, 0.1) is 0 Å². The first kappa shape index (κ1) is 23.8. The summed E-state index contributed by atoms with van der Waals surface area (Å²) < 4.78 is 5.06. The Morgan fingerprint density at radius 2 is 1.89 bits per heavy atom. The predicted octanol–water partition coefficient (Wildman–Crippen LogP) is 1.20. The highest BCUT2D eigenvalue weighted by Gasteiger charge is 2.18. The van der Waals surface area contributed by atoms with Crippen molar-refractivity contribution in [1.82, 2.24) is 25.5 Å². The van der Waals surface area contributed by atoms with Crippen molar-refractivity contribution in [2.75, 3.05) is 71.0 Å². The lowest BCUT2D eigenvalue weighted by Crippen LogP contribution is -2.47. The highest BCUT2D eigenvalue weighted by Crippen LogP contribution is 2.09.